The lowest BCUT2D eigenvalue weighted by atomic mass is 10.1. The lowest BCUT2D eigenvalue weighted by molar-refractivity contribution is 0.0194. The maximum absolute atomic E-state index is 12.8. The molecule has 0 spiro atoms. The number of carbonyl (C=O) groups is 1. The summed E-state index contributed by atoms with van der Waals surface area (Å²) >= 11 is 0. The molecule has 1 fully saturated rings. The number of carbonyl (C=O) groups excluding carboxylic acids is 1. The molecule has 0 aliphatic carbocycles. The summed E-state index contributed by atoms with van der Waals surface area (Å²) in [5, 5.41) is 4.36. The van der Waals surface area contributed by atoms with Crippen LogP contribution < -0.4 is 4.74 Å². The smallest absolute Gasteiger partial charge is 0.411 e. The van der Waals surface area contributed by atoms with Gasteiger partial charge in [0.2, 0.25) is 0 Å². The Morgan fingerprint density at radius 2 is 2.03 bits per heavy atom. The molecular formula is C28H36N6O3. The number of hydrogen-bond acceptors (Lipinski definition) is 6. The average Bonchev–Trinajstić information content (AvgIpc) is 3.53. The molecule has 37 heavy (non-hydrogen) atoms. The Morgan fingerprint density at radius 3 is 2.78 bits per heavy atom. The van der Waals surface area contributed by atoms with Gasteiger partial charge in [0.25, 0.3) is 0 Å². The van der Waals surface area contributed by atoms with Gasteiger partial charge in [0.05, 0.1) is 18.2 Å². The fraction of sp³-hybridized carbons (Fsp3) is 0.500. The van der Waals surface area contributed by atoms with E-state index in [1.54, 1.807) is 6.33 Å². The predicted molar refractivity (Wildman–Crippen MR) is 142 cm³/mol. The lowest BCUT2D eigenvalue weighted by Gasteiger charge is -2.30. The Kier molecular flexibility index (Phi) is 6.56. The minimum absolute atomic E-state index is 0.00402. The second-order valence-electron chi connectivity index (χ2n) is 11.1. The first-order chi connectivity index (χ1) is 17.6. The molecule has 2 atom stereocenters. The second-order valence-corrected chi connectivity index (χ2v) is 11.1. The molecule has 1 saturated heterocycles. The second kappa shape index (κ2) is 9.68. The molecule has 1 aromatic carbocycles. The highest BCUT2D eigenvalue weighted by molar-refractivity contribution is 5.72. The first-order valence-corrected chi connectivity index (χ1v) is 13.0. The first-order valence-electron chi connectivity index (χ1n) is 13.0. The van der Waals surface area contributed by atoms with E-state index >= 15 is 0 Å². The van der Waals surface area contributed by atoms with Gasteiger partial charge >= 0.3 is 6.09 Å². The number of fused-ring (bicyclic) bond motifs is 3. The third-order valence-corrected chi connectivity index (χ3v) is 6.73. The molecule has 1 amide bonds. The summed E-state index contributed by atoms with van der Waals surface area (Å²) in [6, 6.07) is 6.51. The van der Waals surface area contributed by atoms with Crippen LogP contribution in [0.4, 0.5) is 4.79 Å². The monoisotopic (exact) mass is 504 g/mol. The summed E-state index contributed by atoms with van der Waals surface area (Å²) in [7, 11) is 0. The van der Waals surface area contributed by atoms with E-state index in [1.165, 1.54) is 0 Å². The third kappa shape index (κ3) is 5.12. The summed E-state index contributed by atoms with van der Waals surface area (Å²) < 4.78 is 15.8. The van der Waals surface area contributed by atoms with Crippen molar-refractivity contribution in [1.29, 1.82) is 0 Å². The van der Waals surface area contributed by atoms with E-state index in [0.29, 0.717) is 13.2 Å². The van der Waals surface area contributed by atoms with Crippen LogP contribution >= 0.6 is 0 Å². The highest BCUT2D eigenvalue weighted by atomic mass is 16.6. The Hall–Kier alpha value is -3.62. The molecule has 196 valence electrons. The van der Waals surface area contributed by atoms with Gasteiger partial charge in [-0.3, -0.25) is 4.90 Å². The number of benzene rings is 1. The molecule has 5 rings (SSSR count). The third-order valence-electron chi connectivity index (χ3n) is 6.73. The first kappa shape index (κ1) is 25.0. The Labute approximate surface area is 218 Å². The van der Waals surface area contributed by atoms with Crippen LogP contribution in [-0.4, -0.2) is 59.6 Å². The molecule has 2 aliphatic heterocycles. The maximum atomic E-state index is 12.8. The van der Waals surface area contributed by atoms with Crippen LogP contribution in [0, 0.1) is 0 Å². The summed E-state index contributed by atoms with van der Waals surface area (Å²) in [6.07, 6.45) is 9.38. The van der Waals surface area contributed by atoms with Gasteiger partial charge in [-0.1, -0.05) is 18.2 Å². The van der Waals surface area contributed by atoms with Crippen molar-refractivity contribution < 1.29 is 14.3 Å². The van der Waals surface area contributed by atoms with E-state index in [-0.39, 0.29) is 24.2 Å². The number of nitrogens with zero attached hydrogens (tertiary/aromatic N) is 6. The largest absolute Gasteiger partial charge is 0.491 e. The summed E-state index contributed by atoms with van der Waals surface area (Å²) in [6.45, 7) is 13.2. The minimum atomic E-state index is -0.516. The zero-order chi connectivity index (χ0) is 26.3. The Morgan fingerprint density at radius 1 is 1.22 bits per heavy atom. The van der Waals surface area contributed by atoms with Crippen molar-refractivity contribution in [3.63, 3.8) is 0 Å². The molecule has 0 bridgehead atoms. The van der Waals surface area contributed by atoms with E-state index in [4.69, 9.17) is 14.5 Å². The van der Waals surface area contributed by atoms with Crippen molar-refractivity contribution in [3.8, 4) is 28.7 Å². The Balaban J connectivity index is 1.39. The Bertz CT molecular complexity index is 1320. The van der Waals surface area contributed by atoms with Crippen molar-refractivity contribution in [2.24, 2.45) is 0 Å². The molecule has 2 aliphatic rings. The molecule has 9 nitrogen and oxygen atoms in total. The van der Waals surface area contributed by atoms with Gasteiger partial charge in [-0.25, -0.2) is 19.4 Å². The number of amides is 1. The predicted octanol–water partition coefficient (Wildman–Crippen LogP) is 5.58. The van der Waals surface area contributed by atoms with Crippen LogP contribution in [0.25, 0.3) is 29.0 Å². The van der Waals surface area contributed by atoms with E-state index < -0.39 is 5.60 Å². The van der Waals surface area contributed by atoms with Gasteiger partial charge in [0, 0.05) is 18.3 Å². The molecule has 4 heterocycles. The van der Waals surface area contributed by atoms with Crippen LogP contribution in [0.1, 0.15) is 66.0 Å². The van der Waals surface area contributed by atoms with Gasteiger partial charge in [-0.15, -0.1) is 0 Å². The molecule has 0 saturated carbocycles. The van der Waals surface area contributed by atoms with Crippen LogP contribution in [0.2, 0.25) is 0 Å². The molecule has 2 aromatic heterocycles. The van der Waals surface area contributed by atoms with Gasteiger partial charge in [-0.05, 0) is 72.1 Å². The molecule has 0 radical (unpaired) electrons. The number of rotatable bonds is 4. The van der Waals surface area contributed by atoms with Crippen molar-refractivity contribution in [3.05, 3.63) is 42.4 Å². The van der Waals surface area contributed by atoms with Gasteiger partial charge in [-0.2, -0.15) is 5.10 Å². The number of likely N-dealkylation sites (tertiary alicyclic amines) is 1. The van der Waals surface area contributed by atoms with Crippen molar-refractivity contribution in [1.82, 2.24) is 29.2 Å². The molecule has 3 aromatic rings. The molecular weight excluding hydrogens is 468 g/mol. The normalized spacial score (nSPS) is 19.6. The van der Waals surface area contributed by atoms with Gasteiger partial charge in [0.1, 0.15) is 35.8 Å². The van der Waals surface area contributed by atoms with Crippen LogP contribution in [0.15, 0.2) is 36.8 Å². The summed E-state index contributed by atoms with van der Waals surface area (Å²) in [5.74, 6) is 2.42. The quantitative estimate of drug-likeness (QED) is 0.461. The van der Waals surface area contributed by atoms with Gasteiger partial charge in [0.15, 0.2) is 5.82 Å². The highest BCUT2D eigenvalue weighted by Gasteiger charge is 2.35. The fourth-order valence-corrected chi connectivity index (χ4v) is 4.98. The topological polar surface area (TPSA) is 87.3 Å². The van der Waals surface area contributed by atoms with E-state index in [1.807, 2.05) is 42.6 Å². The molecule has 9 heteroatoms. The average molecular weight is 505 g/mol. The fourth-order valence-electron chi connectivity index (χ4n) is 4.98. The molecule has 2 unspecified atom stereocenters. The van der Waals surface area contributed by atoms with Gasteiger partial charge < -0.3 is 14.0 Å². The standard InChI is InChI=1S/C28H36N6O3/c1-18(2)34-26(29-17-30-34)23-16-32-13-14-36-24-15-20(9-12-22(24)25(32)31-23)8-11-21-10-7-19(3)33(21)27(35)37-28(4,5)6/h8-9,11-12,15-19,21H,7,10,13-14H2,1-6H3/b11-8+. The van der Waals surface area contributed by atoms with E-state index in [0.717, 1.165) is 47.1 Å². The number of hydrogen-bond donors (Lipinski definition) is 0. The zero-order valence-corrected chi connectivity index (χ0v) is 22.5. The summed E-state index contributed by atoms with van der Waals surface area (Å²) in [5.41, 5.74) is 2.25. The zero-order valence-electron chi connectivity index (χ0n) is 22.5. The minimum Gasteiger partial charge on any atom is -0.491 e. The summed E-state index contributed by atoms with van der Waals surface area (Å²) in [4.78, 5) is 24.0. The van der Waals surface area contributed by atoms with Crippen LogP contribution in [0.5, 0.6) is 5.75 Å². The number of imidazole rings is 1. The number of aromatic nitrogens is 5. The van der Waals surface area contributed by atoms with Crippen LogP contribution in [0.3, 0.4) is 0 Å². The van der Waals surface area contributed by atoms with Crippen molar-refractivity contribution >= 4 is 12.2 Å². The van der Waals surface area contributed by atoms with Crippen molar-refractivity contribution in [2.45, 2.75) is 84.7 Å². The molecule has 0 N–H and O–H groups in total. The number of ether oxygens (including phenoxy) is 2. The van der Waals surface area contributed by atoms with E-state index in [9.17, 15) is 4.79 Å². The maximum Gasteiger partial charge on any atom is 0.411 e. The van der Waals surface area contributed by atoms with Crippen molar-refractivity contribution in [2.75, 3.05) is 6.61 Å². The lowest BCUT2D eigenvalue weighted by Crippen LogP contribution is -2.42. The highest BCUT2D eigenvalue weighted by Crippen LogP contribution is 2.35. The van der Waals surface area contributed by atoms with E-state index in [2.05, 4.69) is 59.7 Å². The SMILES string of the molecule is CC1CCC(/C=C/c2ccc3c(c2)OCCn2cc(-c4ncnn4C(C)C)nc2-3)N1C(=O)OC(C)(C)C. The van der Waals surface area contributed by atoms with Crippen LogP contribution in [-0.2, 0) is 11.3 Å².